The summed E-state index contributed by atoms with van der Waals surface area (Å²) in [6, 6.07) is 0. The molecule has 20 heteroatoms. The molecule has 11 N–H and O–H groups in total. The standard InChI is InChI=1S/C45H70O20/c1-17(48)23-8-9-24-22-7-6-20-14-21(10-12-44(20,4)25(22)11-13-45(23,24)5)60-43-39(65-41-35(56)32(53)29(50)19(3)59-41)38(64-42-36(57)33(54)30(51)26(15-46)61-42)37(27(16-47)62-43)63-40-34(55)31(52)28(49)18(2)58-40/h6,8,18-19,21-22,24-43,46-47,49-57H,7,9-16H2,1-5H3. The molecular weight excluding hydrogens is 860 g/mol. The summed E-state index contributed by atoms with van der Waals surface area (Å²) in [5, 5.41) is 118. The fraction of sp³-hybridized carbons (Fsp3) is 0.889. The Kier molecular flexibility index (Phi) is 14.8. The normalized spacial score (nSPS) is 53.6. The number of aliphatic hydroxyl groups is 11. The molecule has 20 nitrogen and oxygen atoms in total. The van der Waals surface area contributed by atoms with Gasteiger partial charge in [0.15, 0.2) is 30.9 Å². The van der Waals surface area contributed by atoms with Gasteiger partial charge in [-0.1, -0.05) is 31.6 Å². The molecule has 26 atom stereocenters. The number of allylic oxidation sites excluding steroid dienone is 3. The number of carbonyl (C=O) groups excluding carboxylic acids is 1. The molecule has 0 aromatic heterocycles. The maximum Gasteiger partial charge on any atom is 0.187 e. The Morgan fingerprint density at radius 2 is 1.11 bits per heavy atom. The highest BCUT2D eigenvalue weighted by atomic mass is 16.8. The van der Waals surface area contributed by atoms with Crippen molar-refractivity contribution in [2.75, 3.05) is 13.2 Å². The van der Waals surface area contributed by atoms with Crippen LogP contribution in [0.15, 0.2) is 23.3 Å². The maximum absolute atomic E-state index is 12.7. The van der Waals surface area contributed by atoms with Gasteiger partial charge in [0.1, 0.15) is 85.5 Å². The van der Waals surface area contributed by atoms with Crippen LogP contribution in [0.5, 0.6) is 0 Å². The Hall–Kier alpha value is -1.61. The summed E-state index contributed by atoms with van der Waals surface area (Å²) in [4.78, 5) is 12.7. The van der Waals surface area contributed by atoms with Gasteiger partial charge in [-0.3, -0.25) is 4.79 Å². The first-order valence-corrected chi connectivity index (χ1v) is 23.2. The number of rotatable bonds is 11. The van der Waals surface area contributed by atoms with Crippen molar-refractivity contribution in [2.24, 2.45) is 28.6 Å². The quantitative estimate of drug-likeness (QED) is 0.0979. The van der Waals surface area contributed by atoms with Crippen LogP contribution in [0.2, 0.25) is 0 Å². The third-order valence-corrected chi connectivity index (χ3v) is 16.5. The van der Waals surface area contributed by atoms with Crippen LogP contribution in [0.25, 0.3) is 0 Å². The molecule has 0 radical (unpaired) electrons. The molecule has 6 fully saturated rings. The summed E-state index contributed by atoms with van der Waals surface area (Å²) in [6.07, 6.45) is -23.3. The van der Waals surface area contributed by atoms with Crippen LogP contribution < -0.4 is 0 Å². The molecule has 0 spiro atoms. The smallest absolute Gasteiger partial charge is 0.187 e. The van der Waals surface area contributed by atoms with Crippen LogP contribution in [-0.2, 0) is 42.7 Å². The number of aliphatic hydroxyl groups excluding tert-OH is 11. The molecule has 8 rings (SSSR count). The molecule has 0 amide bonds. The Morgan fingerprint density at radius 1 is 0.585 bits per heavy atom. The van der Waals surface area contributed by atoms with Gasteiger partial charge in [0, 0.05) is 0 Å². The third kappa shape index (κ3) is 8.84. The first kappa shape index (κ1) is 49.8. The molecule has 0 aromatic carbocycles. The van der Waals surface area contributed by atoms with Crippen LogP contribution in [0.4, 0.5) is 0 Å². The molecule has 8 aliphatic rings. The lowest BCUT2D eigenvalue weighted by Crippen LogP contribution is -2.69. The van der Waals surface area contributed by atoms with E-state index in [4.69, 9.17) is 37.9 Å². The zero-order chi connectivity index (χ0) is 47.0. The van der Waals surface area contributed by atoms with Gasteiger partial charge in [0.25, 0.3) is 0 Å². The maximum atomic E-state index is 12.7. The summed E-state index contributed by atoms with van der Waals surface area (Å²) in [7, 11) is 0. The molecule has 65 heavy (non-hydrogen) atoms. The number of ketones is 1. The topological polar surface area (TPSA) is 313 Å². The van der Waals surface area contributed by atoms with E-state index in [1.165, 1.54) is 19.4 Å². The number of Topliss-reactive ketones (excluding diaryl/α,β-unsaturated/α-hetero) is 1. The van der Waals surface area contributed by atoms with Crippen LogP contribution in [0, 0.1) is 28.6 Å². The van der Waals surface area contributed by atoms with Gasteiger partial charge in [0.05, 0.1) is 31.5 Å². The zero-order valence-corrected chi connectivity index (χ0v) is 37.5. The Morgan fingerprint density at radius 3 is 1.69 bits per heavy atom. The first-order chi connectivity index (χ1) is 30.7. The largest absolute Gasteiger partial charge is 0.394 e. The lowest BCUT2D eigenvalue weighted by atomic mass is 9.47. The minimum absolute atomic E-state index is 0.139. The number of hydrogen-bond acceptors (Lipinski definition) is 20. The highest BCUT2D eigenvalue weighted by Crippen LogP contribution is 2.65. The van der Waals surface area contributed by atoms with E-state index >= 15 is 0 Å². The molecular formula is C45H70O20. The molecule has 0 bridgehead atoms. The van der Waals surface area contributed by atoms with Crippen LogP contribution in [0.3, 0.4) is 0 Å². The fourth-order valence-corrected chi connectivity index (χ4v) is 12.5. The number of ether oxygens (including phenoxy) is 8. The van der Waals surface area contributed by atoms with Gasteiger partial charge < -0.3 is 94.1 Å². The van der Waals surface area contributed by atoms with E-state index in [2.05, 4.69) is 26.0 Å². The van der Waals surface area contributed by atoms with E-state index in [-0.39, 0.29) is 16.6 Å². The molecule has 2 saturated carbocycles. The molecule has 370 valence electrons. The Balaban J connectivity index is 1.12. The van der Waals surface area contributed by atoms with E-state index in [0.29, 0.717) is 30.6 Å². The number of hydrogen-bond donors (Lipinski definition) is 11. The van der Waals surface area contributed by atoms with E-state index < -0.39 is 142 Å². The van der Waals surface area contributed by atoms with Crippen molar-refractivity contribution >= 4 is 5.78 Å². The number of carbonyl (C=O) groups is 1. The van der Waals surface area contributed by atoms with Crippen molar-refractivity contribution in [1.82, 2.24) is 0 Å². The van der Waals surface area contributed by atoms with Gasteiger partial charge in [-0.15, -0.1) is 0 Å². The van der Waals surface area contributed by atoms with Gasteiger partial charge >= 0.3 is 0 Å². The molecule has 4 heterocycles. The van der Waals surface area contributed by atoms with Crippen LogP contribution in [0.1, 0.15) is 79.6 Å². The summed E-state index contributed by atoms with van der Waals surface area (Å²) in [6.45, 7) is 7.47. The summed E-state index contributed by atoms with van der Waals surface area (Å²) < 4.78 is 49.7. The SMILES string of the molecule is CC(=O)C1=CCC2C3CC=C4CC(OC5OC(CO)C(OC6OC(C)C(O)C(O)C6O)C(OC6OC(CO)C(O)C(O)C6O)C5OC5OC(C)C(O)C(O)C5O)CCC4(C)C3CCC12C. The lowest BCUT2D eigenvalue weighted by molar-refractivity contribution is -0.410. The third-order valence-electron chi connectivity index (χ3n) is 16.5. The van der Waals surface area contributed by atoms with Gasteiger partial charge in [-0.2, -0.15) is 0 Å². The minimum Gasteiger partial charge on any atom is -0.394 e. The Labute approximate surface area is 377 Å². The lowest BCUT2D eigenvalue weighted by Gasteiger charge is -2.58. The zero-order valence-electron chi connectivity index (χ0n) is 37.5. The van der Waals surface area contributed by atoms with Crippen molar-refractivity contribution in [2.45, 2.75) is 208 Å². The minimum atomic E-state index is -1.96. The van der Waals surface area contributed by atoms with Gasteiger partial charge in [0.2, 0.25) is 0 Å². The second-order valence-corrected chi connectivity index (χ2v) is 20.2. The molecule has 4 aliphatic carbocycles. The van der Waals surface area contributed by atoms with E-state index in [0.717, 1.165) is 37.7 Å². The van der Waals surface area contributed by atoms with Gasteiger partial charge in [-0.25, -0.2) is 0 Å². The average molecular weight is 931 g/mol. The highest BCUT2D eigenvalue weighted by Gasteiger charge is 2.60. The van der Waals surface area contributed by atoms with E-state index in [1.807, 2.05) is 0 Å². The summed E-state index contributed by atoms with van der Waals surface area (Å²) in [5.74, 6) is 1.27. The second-order valence-electron chi connectivity index (χ2n) is 20.2. The first-order valence-electron chi connectivity index (χ1n) is 23.2. The van der Waals surface area contributed by atoms with Crippen molar-refractivity contribution in [3.63, 3.8) is 0 Å². The highest BCUT2D eigenvalue weighted by molar-refractivity contribution is 5.95. The van der Waals surface area contributed by atoms with Crippen LogP contribution in [-0.4, -0.2) is 204 Å². The second kappa shape index (κ2) is 19.3. The Bertz CT molecular complexity index is 1750. The van der Waals surface area contributed by atoms with E-state index in [1.54, 1.807) is 6.92 Å². The molecule has 0 aromatic rings. The van der Waals surface area contributed by atoms with Crippen molar-refractivity contribution in [1.29, 1.82) is 0 Å². The average Bonchev–Trinajstić information content (AvgIpc) is 3.65. The number of fused-ring (bicyclic) bond motifs is 5. The van der Waals surface area contributed by atoms with E-state index in [9.17, 15) is 61.0 Å². The van der Waals surface area contributed by atoms with Crippen molar-refractivity contribution < 1.29 is 98.9 Å². The predicted molar refractivity (Wildman–Crippen MR) is 220 cm³/mol. The van der Waals surface area contributed by atoms with Gasteiger partial charge in [-0.05, 0) is 99.9 Å². The summed E-state index contributed by atoms with van der Waals surface area (Å²) in [5.41, 5.74) is 1.86. The van der Waals surface area contributed by atoms with Crippen molar-refractivity contribution in [3.8, 4) is 0 Å². The fourth-order valence-electron chi connectivity index (χ4n) is 12.5. The van der Waals surface area contributed by atoms with Crippen molar-refractivity contribution in [3.05, 3.63) is 23.3 Å². The van der Waals surface area contributed by atoms with Crippen LogP contribution >= 0.6 is 0 Å². The molecule has 4 aliphatic heterocycles. The molecule has 4 saturated heterocycles. The molecule has 26 unspecified atom stereocenters. The predicted octanol–water partition coefficient (Wildman–Crippen LogP) is -2.21. The summed E-state index contributed by atoms with van der Waals surface area (Å²) >= 11 is 0. The monoisotopic (exact) mass is 930 g/mol.